The molecular weight excluding hydrogens is 498 g/mol. The number of aliphatic hydroxyl groups excluding tert-OH is 1. The first-order chi connectivity index (χ1) is 16.4. The number of likely N-dealkylation sites (tertiary alicyclic amines) is 1. The molecule has 174 valence electrons. The molecule has 1 N–H and O–H groups in total. The Hall–Kier alpha value is -3.39. The van der Waals surface area contributed by atoms with Gasteiger partial charge in [0.1, 0.15) is 17.6 Å². The van der Waals surface area contributed by atoms with Gasteiger partial charge in [0, 0.05) is 41.9 Å². The molecule has 2 aromatic carbocycles. The highest BCUT2D eigenvalue weighted by Gasteiger charge is 2.45. The number of ketones is 1. The Kier molecular flexibility index (Phi) is 6.00. The number of benzene rings is 2. The zero-order valence-corrected chi connectivity index (χ0v) is 20.2. The number of aryl methyl sites for hydroxylation is 1. The maximum absolute atomic E-state index is 13.2. The van der Waals surface area contributed by atoms with Crippen LogP contribution in [0.1, 0.15) is 36.1 Å². The van der Waals surface area contributed by atoms with E-state index >= 15 is 0 Å². The van der Waals surface area contributed by atoms with Crippen LogP contribution in [-0.2, 0) is 22.6 Å². The summed E-state index contributed by atoms with van der Waals surface area (Å²) in [5.41, 5.74) is 2.37. The van der Waals surface area contributed by atoms with Crippen LogP contribution in [0.25, 0.3) is 5.76 Å². The van der Waals surface area contributed by atoms with Crippen LogP contribution in [0.5, 0.6) is 5.75 Å². The van der Waals surface area contributed by atoms with E-state index in [4.69, 9.17) is 4.74 Å². The lowest BCUT2D eigenvalue weighted by Crippen LogP contribution is -2.31. The molecule has 8 heteroatoms. The summed E-state index contributed by atoms with van der Waals surface area (Å²) < 4.78 is 8.58. The summed E-state index contributed by atoms with van der Waals surface area (Å²) in [5, 5.41) is 11.3. The van der Waals surface area contributed by atoms with Crippen LogP contribution in [0.2, 0.25) is 0 Å². The number of aliphatic hydroxyl groups is 1. The van der Waals surface area contributed by atoms with Crippen LogP contribution in [0.4, 0.5) is 0 Å². The topological polar surface area (TPSA) is 84.7 Å². The molecule has 0 bridgehead atoms. The molecule has 0 unspecified atom stereocenters. The second kappa shape index (κ2) is 9.10. The van der Waals surface area contributed by atoms with Gasteiger partial charge in [0.25, 0.3) is 11.7 Å². The molecule has 3 heterocycles. The average molecular weight is 522 g/mol. The number of carbonyl (C=O) groups is 2. The highest BCUT2D eigenvalue weighted by molar-refractivity contribution is 9.10. The molecule has 1 amide bonds. The Balaban J connectivity index is 1.52. The van der Waals surface area contributed by atoms with Gasteiger partial charge >= 0.3 is 0 Å². The number of hydrogen-bond acceptors (Lipinski definition) is 5. The number of rotatable bonds is 6. The number of imidazole rings is 1. The minimum Gasteiger partial charge on any atom is -0.507 e. The van der Waals surface area contributed by atoms with Crippen molar-refractivity contribution in [1.29, 1.82) is 0 Å². The van der Waals surface area contributed by atoms with E-state index in [1.54, 1.807) is 23.5 Å². The largest absolute Gasteiger partial charge is 0.507 e. The molecule has 7 nitrogen and oxygen atoms in total. The molecule has 5 rings (SSSR count). The van der Waals surface area contributed by atoms with E-state index in [9.17, 15) is 14.7 Å². The lowest BCUT2D eigenvalue weighted by atomic mass is 9.94. The fraction of sp³-hybridized carbons (Fsp3) is 0.269. The SMILES string of the molecule is C[C@@H]1Cc2cc(/C(O)=C3\C(=O)C(=O)N(CCCn4ccnc4)[C@@H]3c3ccc(Br)cc3)ccc2O1. The van der Waals surface area contributed by atoms with Crippen molar-refractivity contribution in [2.75, 3.05) is 6.54 Å². The monoisotopic (exact) mass is 521 g/mol. The standard InChI is InChI=1S/C26H24BrN3O4/c1-16-13-19-14-18(5-8-21(19)34-16)24(31)22-23(17-3-6-20(27)7-4-17)30(26(33)25(22)32)11-2-10-29-12-9-28-15-29/h3-9,12,14-16,23,31H,2,10-11,13H2,1H3/b24-22+/t16-,23-/m1/s1. The van der Waals surface area contributed by atoms with Gasteiger partial charge in [-0.1, -0.05) is 28.1 Å². The predicted molar refractivity (Wildman–Crippen MR) is 130 cm³/mol. The summed E-state index contributed by atoms with van der Waals surface area (Å²) in [5.74, 6) is -0.643. The Labute approximate surface area is 205 Å². The van der Waals surface area contributed by atoms with Gasteiger partial charge in [0.15, 0.2) is 0 Å². The number of amides is 1. The van der Waals surface area contributed by atoms with E-state index in [1.807, 2.05) is 54.1 Å². The normalized spacial score (nSPS) is 21.1. The molecule has 1 aromatic heterocycles. The van der Waals surface area contributed by atoms with Crippen LogP contribution in [-0.4, -0.2) is 43.9 Å². The molecule has 2 aliphatic rings. The van der Waals surface area contributed by atoms with Gasteiger partial charge in [0.2, 0.25) is 0 Å². The summed E-state index contributed by atoms with van der Waals surface area (Å²) in [7, 11) is 0. The lowest BCUT2D eigenvalue weighted by Gasteiger charge is -2.25. The van der Waals surface area contributed by atoms with Crippen molar-refractivity contribution < 1.29 is 19.4 Å². The van der Waals surface area contributed by atoms with Crippen molar-refractivity contribution in [3.05, 3.63) is 87.9 Å². The second-order valence-electron chi connectivity index (χ2n) is 8.65. The molecule has 2 aliphatic heterocycles. The number of nitrogens with zero attached hydrogens (tertiary/aromatic N) is 3. The van der Waals surface area contributed by atoms with Crippen molar-refractivity contribution in [2.24, 2.45) is 0 Å². The number of hydrogen-bond donors (Lipinski definition) is 1. The van der Waals surface area contributed by atoms with Gasteiger partial charge in [-0.2, -0.15) is 0 Å². The third-order valence-electron chi connectivity index (χ3n) is 6.27. The van der Waals surface area contributed by atoms with Crippen molar-refractivity contribution in [3.63, 3.8) is 0 Å². The van der Waals surface area contributed by atoms with Crippen molar-refractivity contribution >= 4 is 33.4 Å². The average Bonchev–Trinajstić information content (AvgIpc) is 3.53. The van der Waals surface area contributed by atoms with E-state index in [0.29, 0.717) is 25.1 Å². The lowest BCUT2D eigenvalue weighted by molar-refractivity contribution is -0.139. The van der Waals surface area contributed by atoms with Gasteiger partial charge in [0.05, 0.1) is 17.9 Å². The second-order valence-corrected chi connectivity index (χ2v) is 9.57. The maximum Gasteiger partial charge on any atom is 0.295 e. The van der Waals surface area contributed by atoms with Crippen molar-refractivity contribution in [2.45, 2.75) is 38.5 Å². The zero-order chi connectivity index (χ0) is 23.8. The molecule has 3 aromatic rings. The van der Waals surface area contributed by atoms with Gasteiger partial charge in [-0.15, -0.1) is 0 Å². The summed E-state index contributed by atoms with van der Waals surface area (Å²) in [6, 6.07) is 12.2. The number of Topliss-reactive ketones (excluding diaryl/α,β-unsaturated/α-hetero) is 1. The number of fused-ring (bicyclic) bond motifs is 1. The van der Waals surface area contributed by atoms with Crippen LogP contribution >= 0.6 is 15.9 Å². The molecule has 2 atom stereocenters. The minimum atomic E-state index is -0.668. The summed E-state index contributed by atoms with van der Waals surface area (Å²) >= 11 is 3.44. The van der Waals surface area contributed by atoms with Gasteiger partial charge in [-0.25, -0.2) is 4.98 Å². The first-order valence-corrected chi connectivity index (χ1v) is 12.0. The fourth-order valence-corrected chi connectivity index (χ4v) is 4.93. The van der Waals surface area contributed by atoms with E-state index in [-0.39, 0.29) is 17.4 Å². The molecule has 0 spiro atoms. The molecule has 0 aliphatic carbocycles. The van der Waals surface area contributed by atoms with E-state index in [1.165, 1.54) is 0 Å². The smallest absolute Gasteiger partial charge is 0.295 e. The summed E-state index contributed by atoms with van der Waals surface area (Å²) in [6.07, 6.45) is 6.73. The van der Waals surface area contributed by atoms with E-state index in [2.05, 4.69) is 20.9 Å². The van der Waals surface area contributed by atoms with Crippen molar-refractivity contribution in [3.8, 4) is 5.75 Å². The zero-order valence-electron chi connectivity index (χ0n) is 18.6. The van der Waals surface area contributed by atoms with E-state index in [0.717, 1.165) is 27.8 Å². The van der Waals surface area contributed by atoms with Crippen LogP contribution < -0.4 is 4.74 Å². The minimum absolute atomic E-state index is 0.0660. The first kappa shape index (κ1) is 22.4. The Morgan fingerprint density at radius 2 is 1.97 bits per heavy atom. The number of halogens is 1. The van der Waals surface area contributed by atoms with Crippen LogP contribution in [0.3, 0.4) is 0 Å². The number of ether oxygens (including phenoxy) is 1. The maximum atomic E-state index is 13.2. The third-order valence-corrected chi connectivity index (χ3v) is 6.80. The summed E-state index contributed by atoms with van der Waals surface area (Å²) in [4.78, 5) is 31.9. The van der Waals surface area contributed by atoms with Crippen molar-refractivity contribution in [1.82, 2.24) is 14.5 Å². The van der Waals surface area contributed by atoms with Gasteiger partial charge < -0.3 is 19.3 Å². The van der Waals surface area contributed by atoms with Gasteiger partial charge in [-0.05, 0) is 54.8 Å². The molecular formula is C26H24BrN3O4. The highest BCUT2D eigenvalue weighted by Crippen LogP contribution is 2.41. The molecule has 0 saturated carbocycles. The number of aromatic nitrogens is 2. The Bertz CT molecular complexity index is 1270. The number of carbonyl (C=O) groups excluding carboxylic acids is 2. The predicted octanol–water partition coefficient (Wildman–Crippen LogP) is 4.48. The fourth-order valence-electron chi connectivity index (χ4n) is 4.67. The first-order valence-electron chi connectivity index (χ1n) is 11.2. The molecule has 0 radical (unpaired) electrons. The van der Waals surface area contributed by atoms with Crippen LogP contribution in [0, 0.1) is 0 Å². The van der Waals surface area contributed by atoms with E-state index < -0.39 is 17.7 Å². The highest BCUT2D eigenvalue weighted by atomic mass is 79.9. The summed E-state index contributed by atoms with van der Waals surface area (Å²) in [6.45, 7) is 3.03. The molecule has 1 saturated heterocycles. The Morgan fingerprint density at radius 3 is 2.71 bits per heavy atom. The Morgan fingerprint density at radius 1 is 1.18 bits per heavy atom. The van der Waals surface area contributed by atoms with Gasteiger partial charge in [-0.3, -0.25) is 9.59 Å². The van der Waals surface area contributed by atoms with Crippen LogP contribution in [0.15, 0.2) is 71.2 Å². The third kappa shape index (κ3) is 4.14. The molecule has 1 fully saturated rings. The molecule has 34 heavy (non-hydrogen) atoms. The quantitative estimate of drug-likeness (QED) is 0.293.